The summed E-state index contributed by atoms with van der Waals surface area (Å²) in [5.41, 5.74) is 1.71. The second-order valence-corrected chi connectivity index (χ2v) is 5.61. The topological polar surface area (TPSA) is 104 Å². The van der Waals surface area contributed by atoms with Crippen LogP contribution in [0.4, 0.5) is 21.9 Å². The molecular formula is C17H15ClN6O2. The lowest BCUT2D eigenvalue weighted by atomic mass is 10.3. The maximum atomic E-state index is 12.0. The zero-order valence-corrected chi connectivity index (χ0v) is 14.2. The highest BCUT2D eigenvalue weighted by atomic mass is 35.5. The normalized spacial score (nSPS) is 11.0. The molecule has 0 aliphatic rings. The number of hydrogen-bond donors (Lipinski definition) is 4. The predicted octanol–water partition coefficient (Wildman–Crippen LogP) is 3.89. The molecule has 26 heavy (non-hydrogen) atoms. The molecular weight excluding hydrogens is 356 g/mol. The number of benzene rings is 2. The molecule has 3 aromatic rings. The fourth-order valence-electron chi connectivity index (χ4n) is 2.14. The van der Waals surface area contributed by atoms with Gasteiger partial charge in [-0.3, -0.25) is 0 Å². The molecule has 0 aliphatic heterocycles. The number of hydrogen-bond acceptors (Lipinski definition) is 4. The Bertz CT molecular complexity index is 926. The molecule has 132 valence electrons. The summed E-state index contributed by atoms with van der Waals surface area (Å²) in [5.74, 6) is 0.0452. The fraction of sp³-hybridized carbons (Fsp3) is 0. The molecule has 4 N–H and O–H groups in total. The number of para-hydroxylation sites is 1. The Labute approximate surface area is 154 Å². The van der Waals surface area contributed by atoms with Crippen LogP contribution in [0, 0.1) is 0 Å². The van der Waals surface area contributed by atoms with E-state index in [4.69, 9.17) is 11.6 Å². The van der Waals surface area contributed by atoms with Gasteiger partial charge >= 0.3 is 6.03 Å². The van der Waals surface area contributed by atoms with Crippen molar-refractivity contribution in [3.8, 4) is 0 Å². The molecule has 0 spiro atoms. The first-order valence-electron chi connectivity index (χ1n) is 7.57. The molecule has 0 bridgehead atoms. The Kier molecular flexibility index (Phi) is 5.35. The first-order valence-corrected chi connectivity index (χ1v) is 7.94. The molecule has 3 rings (SSSR count). The maximum Gasteiger partial charge on any atom is 0.323 e. The van der Waals surface area contributed by atoms with Crippen LogP contribution in [0.15, 0.2) is 72.1 Å². The largest absolute Gasteiger partial charge is 0.408 e. The first-order chi connectivity index (χ1) is 12.6. The van der Waals surface area contributed by atoms with Crippen LogP contribution in [0.3, 0.4) is 0 Å². The predicted molar refractivity (Wildman–Crippen MR) is 101 cm³/mol. The van der Waals surface area contributed by atoms with E-state index in [0.717, 1.165) is 0 Å². The number of halogens is 1. The van der Waals surface area contributed by atoms with Crippen molar-refractivity contribution in [3.05, 3.63) is 72.0 Å². The van der Waals surface area contributed by atoms with E-state index in [-0.39, 0.29) is 5.96 Å². The van der Waals surface area contributed by atoms with Crippen molar-refractivity contribution in [3.63, 3.8) is 0 Å². The maximum absolute atomic E-state index is 12.0. The van der Waals surface area contributed by atoms with Gasteiger partial charge < -0.3 is 21.2 Å². The summed E-state index contributed by atoms with van der Waals surface area (Å²) in [4.78, 5) is 12.0. The second-order valence-electron chi connectivity index (χ2n) is 5.18. The highest BCUT2D eigenvalue weighted by Crippen LogP contribution is 2.15. The Morgan fingerprint density at radius 2 is 1.73 bits per heavy atom. The van der Waals surface area contributed by atoms with Gasteiger partial charge in [0.05, 0.1) is 18.1 Å². The van der Waals surface area contributed by atoms with Crippen molar-refractivity contribution in [2.75, 3.05) is 16.0 Å². The van der Waals surface area contributed by atoms with Crippen molar-refractivity contribution in [2.24, 2.45) is 5.16 Å². The molecule has 0 saturated carbocycles. The molecule has 1 heterocycles. The van der Waals surface area contributed by atoms with Crippen molar-refractivity contribution < 1.29 is 10.0 Å². The minimum atomic E-state index is -0.416. The molecule has 0 aliphatic carbocycles. The lowest BCUT2D eigenvalue weighted by Gasteiger charge is -2.08. The zero-order valence-electron chi connectivity index (χ0n) is 13.4. The number of rotatable bonds is 3. The van der Waals surface area contributed by atoms with E-state index in [1.54, 1.807) is 36.4 Å². The number of urea groups is 1. The average molecular weight is 371 g/mol. The van der Waals surface area contributed by atoms with Crippen LogP contribution in [0.5, 0.6) is 0 Å². The van der Waals surface area contributed by atoms with Crippen LogP contribution in [-0.2, 0) is 0 Å². The number of nitrogens with one attached hydrogen (secondary N) is 3. The molecule has 2 amide bonds. The lowest BCUT2D eigenvalue weighted by molar-refractivity contribution is 0.262. The van der Waals surface area contributed by atoms with Gasteiger partial charge in [0, 0.05) is 16.4 Å². The Morgan fingerprint density at radius 1 is 1.00 bits per heavy atom. The Hall–Kier alpha value is -3.52. The molecule has 0 saturated heterocycles. The smallest absolute Gasteiger partial charge is 0.323 e. The molecule has 0 radical (unpaired) electrons. The standard InChI is InChI=1S/C17H15ClN6O2/c18-12-5-4-8-14(9-12)20-16(23-26)24-11-15(10-19-24)22-17(25)21-13-6-2-1-3-7-13/h1-11,26H,(H,20,23)(H2,21,22,25). The number of amides is 2. The van der Waals surface area contributed by atoms with Crippen LogP contribution < -0.4 is 16.0 Å². The van der Waals surface area contributed by atoms with Crippen LogP contribution >= 0.6 is 11.6 Å². The molecule has 2 aromatic carbocycles. The van der Waals surface area contributed by atoms with Crippen molar-refractivity contribution in [1.29, 1.82) is 0 Å². The fourth-order valence-corrected chi connectivity index (χ4v) is 2.33. The van der Waals surface area contributed by atoms with Gasteiger partial charge in [0.2, 0.25) is 0 Å². The summed E-state index contributed by atoms with van der Waals surface area (Å²) < 4.78 is 1.28. The van der Waals surface area contributed by atoms with Crippen molar-refractivity contribution in [2.45, 2.75) is 0 Å². The second kappa shape index (κ2) is 8.04. The summed E-state index contributed by atoms with van der Waals surface area (Å²) in [6, 6.07) is 15.5. The Balaban J connectivity index is 1.65. The van der Waals surface area contributed by atoms with E-state index in [2.05, 4.69) is 26.2 Å². The van der Waals surface area contributed by atoms with Gasteiger partial charge in [0.1, 0.15) is 0 Å². The van der Waals surface area contributed by atoms with Crippen LogP contribution in [0.1, 0.15) is 0 Å². The number of carbonyl (C=O) groups is 1. The van der Waals surface area contributed by atoms with Crippen LogP contribution in [0.25, 0.3) is 0 Å². The van der Waals surface area contributed by atoms with E-state index >= 15 is 0 Å². The molecule has 1 aromatic heterocycles. The van der Waals surface area contributed by atoms with E-state index in [0.29, 0.717) is 22.1 Å². The van der Waals surface area contributed by atoms with Crippen molar-refractivity contribution >= 4 is 40.7 Å². The third kappa shape index (κ3) is 4.52. The number of oxime groups is 1. The summed E-state index contributed by atoms with van der Waals surface area (Å²) in [6.45, 7) is 0. The molecule has 9 heteroatoms. The lowest BCUT2D eigenvalue weighted by Crippen LogP contribution is -2.22. The minimum Gasteiger partial charge on any atom is -0.408 e. The third-order valence-corrected chi connectivity index (χ3v) is 3.50. The number of aromatic nitrogens is 2. The van der Waals surface area contributed by atoms with Crippen LogP contribution in [0.2, 0.25) is 5.02 Å². The summed E-state index contributed by atoms with van der Waals surface area (Å²) in [6.07, 6.45) is 2.92. The first kappa shape index (κ1) is 17.3. The number of anilines is 3. The Morgan fingerprint density at radius 3 is 2.46 bits per heavy atom. The highest BCUT2D eigenvalue weighted by molar-refractivity contribution is 6.30. The summed E-state index contributed by atoms with van der Waals surface area (Å²) in [7, 11) is 0. The molecule has 0 fully saturated rings. The SMILES string of the molecule is O=C(Nc1ccccc1)Nc1cnn(C(=NO)Nc2cccc(Cl)c2)c1. The quantitative estimate of drug-likeness (QED) is 0.243. The van der Waals surface area contributed by atoms with E-state index < -0.39 is 6.03 Å². The van der Waals surface area contributed by atoms with Gasteiger partial charge in [0.25, 0.3) is 5.96 Å². The van der Waals surface area contributed by atoms with E-state index in [1.165, 1.54) is 17.1 Å². The van der Waals surface area contributed by atoms with Gasteiger partial charge in [-0.25, -0.2) is 9.48 Å². The molecule has 0 unspecified atom stereocenters. The number of carbonyl (C=O) groups excluding carboxylic acids is 1. The third-order valence-electron chi connectivity index (χ3n) is 3.26. The zero-order chi connectivity index (χ0) is 18.4. The molecule has 0 atom stereocenters. The van der Waals surface area contributed by atoms with Gasteiger partial charge in [-0.2, -0.15) is 5.10 Å². The van der Waals surface area contributed by atoms with Gasteiger partial charge in [-0.1, -0.05) is 35.9 Å². The van der Waals surface area contributed by atoms with E-state index in [9.17, 15) is 10.0 Å². The van der Waals surface area contributed by atoms with Gasteiger partial charge in [-0.05, 0) is 35.5 Å². The highest BCUT2D eigenvalue weighted by Gasteiger charge is 2.09. The van der Waals surface area contributed by atoms with E-state index in [1.807, 2.05) is 18.2 Å². The van der Waals surface area contributed by atoms with Crippen molar-refractivity contribution in [1.82, 2.24) is 9.78 Å². The average Bonchev–Trinajstić information content (AvgIpc) is 3.08. The molecule has 8 nitrogen and oxygen atoms in total. The minimum absolute atomic E-state index is 0.0452. The summed E-state index contributed by atoms with van der Waals surface area (Å²) in [5, 5.41) is 25.2. The van der Waals surface area contributed by atoms with Gasteiger partial charge in [-0.15, -0.1) is 0 Å². The monoisotopic (exact) mass is 370 g/mol. The summed E-state index contributed by atoms with van der Waals surface area (Å²) >= 11 is 5.93. The van der Waals surface area contributed by atoms with Crippen LogP contribution in [-0.4, -0.2) is 27.0 Å². The number of nitrogens with zero attached hydrogens (tertiary/aromatic N) is 3. The van der Waals surface area contributed by atoms with Gasteiger partial charge in [0.15, 0.2) is 0 Å².